The second-order valence-electron chi connectivity index (χ2n) is 7.39. The third-order valence-corrected chi connectivity index (χ3v) is 8.14. The van der Waals surface area contributed by atoms with Crippen molar-refractivity contribution in [1.29, 1.82) is 0 Å². The molecule has 0 N–H and O–H groups in total. The monoisotopic (exact) mass is 511 g/mol. The van der Waals surface area contributed by atoms with Crippen LogP contribution in [0.1, 0.15) is 20.9 Å². The van der Waals surface area contributed by atoms with Gasteiger partial charge in [0.1, 0.15) is 0 Å². The van der Waals surface area contributed by atoms with Crippen LogP contribution >= 0.6 is 34.4 Å². The minimum atomic E-state index is -4.38. The van der Waals surface area contributed by atoms with E-state index in [2.05, 4.69) is 4.98 Å². The summed E-state index contributed by atoms with van der Waals surface area (Å²) in [5.41, 5.74) is 0.499. The fourth-order valence-corrected chi connectivity index (χ4v) is 5.92. The van der Waals surface area contributed by atoms with Crippen LogP contribution in [0, 0.1) is 0 Å². The molecular formula is C22H20F3N3O2S3. The van der Waals surface area contributed by atoms with Crippen molar-refractivity contribution in [3.8, 4) is 0 Å². The molecule has 0 unspecified atom stereocenters. The first-order valence-electron chi connectivity index (χ1n) is 10.1. The van der Waals surface area contributed by atoms with Crippen molar-refractivity contribution in [2.45, 2.75) is 16.9 Å². The molecule has 11 heteroatoms. The van der Waals surface area contributed by atoms with Gasteiger partial charge in [0.05, 0.1) is 28.3 Å². The topological polar surface area (TPSA) is 53.5 Å². The van der Waals surface area contributed by atoms with E-state index in [0.717, 1.165) is 21.3 Å². The maximum Gasteiger partial charge on any atom is 0.416 e. The molecule has 0 bridgehead atoms. The standard InChI is InChI=1S/C22H20F3N3O2S3/c23-22(24,25)15-3-1-4-17(11-15)27-6-8-28(9-7-27)20(30)12-16-13-32-21(26-16)33-14-18(29)19-5-2-10-31-19/h1-5,10-11,13H,6-9,12,14H2. The Labute approximate surface area is 201 Å². The fourth-order valence-electron chi connectivity index (χ4n) is 3.43. The summed E-state index contributed by atoms with van der Waals surface area (Å²) in [7, 11) is 0. The van der Waals surface area contributed by atoms with Crippen molar-refractivity contribution in [3.05, 3.63) is 63.3 Å². The quantitative estimate of drug-likeness (QED) is 0.327. The molecular weight excluding hydrogens is 491 g/mol. The maximum absolute atomic E-state index is 13.0. The van der Waals surface area contributed by atoms with Crippen molar-refractivity contribution in [1.82, 2.24) is 9.88 Å². The zero-order valence-corrected chi connectivity index (χ0v) is 19.8. The number of benzene rings is 1. The van der Waals surface area contributed by atoms with E-state index in [-0.39, 0.29) is 18.1 Å². The van der Waals surface area contributed by atoms with E-state index in [1.165, 1.54) is 40.5 Å². The van der Waals surface area contributed by atoms with Gasteiger partial charge in [-0.05, 0) is 29.6 Å². The van der Waals surface area contributed by atoms with Crippen LogP contribution in [0.4, 0.5) is 18.9 Å². The van der Waals surface area contributed by atoms with Gasteiger partial charge in [-0.15, -0.1) is 22.7 Å². The van der Waals surface area contributed by atoms with Crippen LogP contribution in [0.2, 0.25) is 0 Å². The molecule has 1 aliphatic rings. The van der Waals surface area contributed by atoms with Crippen LogP contribution in [0.5, 0.6) is 0 Å². The second kappa shape index (κ2) is 10.3. The first-order valence-corrected chi connectivity index (χ1v) is 12.9. The van der Waals surface area contributed by atoms with Crippen LogP contribution in [0.3, 0.4) is 0 Å². The second-order valence-corrected chi connectivity index (χ2v) is 10.4. The SMILES string of the molecule is O=C(CSc1nc(CC(=O)N2CCN(c3cccc(C(F)(F)F)c3)CC2)cs1)c1cccs1. The normalized spacial score (nSPS) is 14.5. The molecule has 0 aliphatic carbocycles. The number of hydrogen-bond donors (Lipinski definition) is 0. The number of rotatable bonds is 7. The Bertz CT molecular complexity index is 1110. The van der Waals surface area contributed by atoms with Crippen molar-refractivity contribution >= 4 is 51.8 Å². The lowest BCUT2D eigenvalue weighted by molar-refractivity contribution is -0.137. The number of carbonyl (C=O) groups excluding carboxylic acids is 2. The summed E-state index contributed by atoms with van der Waals surface area (Å²) in [6, 6.07) is 8.91. The highest BCUT2D eigenvalue weighted by atomic mass is 32.2. The van der Waals surface area contributed by atoms with Crippen LogP contribution in [-0.2, 0) is 17.4 Å². The molecule has 2 aromatic heterocycles. The molecule has 33 heavy (non-hydrogen) atoms. The molecule has 1 fully saturated rings. The highest BCUT2D eigenvalue weighted by Gasteiger charge is 2.31. The highest BCUT2D eigenvalue weighted by molar-refractivity contribution is 8.01. The first kappa shape index (κ1) is 23.8. The number of carbonyl (C=O) groups is 2. The van der Waals surface area contributed by atoms with E-state index in [1.807, 2.05) is 21.7 Å². The van der Waals surface area contributed by atoms with Crippen molar-refractivity contribution in [2.24, 2.45) is 0 Å². The van der Waals surface area contributed by atoms with Gasteiger partial charge in [-0.2, -0.15) is 13.2 Å². The Kier molecular flexibility index (Phi) is 7.40. The van der Waals surface area contributed by atoms with Gasteiger partial charge in [0.2, 0.25) is 5.91 Å². The molecule has 174 valence electrons. The first-order chi connectivity index (χ1) is 15.8. The lowest BCUT2D eigenvalue weighted by Gasteiger charge is -2.36. The van der Waals surface area contributed by atoms with Crippen molar-refractivity contribution in [2.75, 3.05) is 36.8 Å². The molecule has 0 saturated carbocycles. The summed E-state index contributed by atoms with van der Waals surface area (Å²) < 4.78 is 39.7. The highest BCUT2D eigenvalue weighted by Crippen LogP contribution is 2.32. The predicted molar refractivity (Wildman–Crippen MR) is 125 cm³/mol. The molecule has 0 atom stereocenters. The largest absolute Gasteiger partial charge is 0.416 e. The smallest absolute Gasteiger partial charge is 0.368 e. The number of thiazole rings is 1. The molecule has 4 rings (SSSR count). The molecule has 0 spiro atoms. The van der Waals surface area contributed by atoms with Gasteiger partial charge >= 0.3 is 6.18 Å². The molecule has 1 amide bonds. The van der Waals surface area contributed by atoms with Gasteiger partial charge < -0.3 is 9.80 Å². The van der Waals surface area contributed by atoms with Gasteiger partial charge in [-0.25, -0.2) is 4.98 Å². The van der Waals surface area contributed by atoms with E-state index in [4.69, 9.17) is 0 Å². The third-order valence-electron chi connectivity index (χ3n) is 5.16. The van der Waals surface area contributed by atoms with Crippen molar-refractivity contribution < 1.29 is 22.8 Å². The average Bonchev–Trinajstić information content (AvgIpc) is 3.50. The molecule has 1 aromatic carbocycles. The number of piperazine rings is 1. The number of anilines is 1. The molecule has 3 aromatic rings. The number of Topliss-reactive ketones (excluding diaryl/α,β-unsaturated/α-hetero) is 1. The van der Waals surface area contributed by atoms with Gasteiger partial charge in [0.25, 0.3) is 0 Å². The third kappa shape index (κ3) is 6.15. The summed E-state index contributed by atoms with van der Waals surface area (Å²) in [6.45, 7) is 1.82. The lowest BCUT2D eigenvalue weighted by atomic mass is 10.1. The number of amides is 1. The Hall–Kier alpha value is -2.37. The number of halogens is 3. The van der Waals surface area contributed by atoms with E-state index in [9.17, 15) is 22.8 Å². The number of aromatic nitrogens is 1. The fraction of sp³-hybridized carbons (Fsp3) is 0.318. The van der Waals surface area contributed by atoms with E-state index >= 15 is 0 Å². The van der Waals surface area contributed by atoms with Crippen LogP contribution in [0.25, 0.3) is 0 Å². The number of thiophene rings is 1. The van der Waals surface area contributed by atoms with Crippen LogP contribution in [-0.4, -0.2) is 53.5 Å². The number of ketones is 1. The zero-order valence-electron chi connectivity index (χ0n) is 17.4. The Morgan fingerprint density at radius 1 is 1.06 bits per heavy atom. The Balaban J connectivity index is 1.26. The Morgan fingerprint density at radius 3 is 2.55 bits per heavy atom. The lowest BCUT2D eigenvalue weighted by Crippen LogP contribution is -2.49. The summed E-state index contributed by atoms with van der Waals surface area (Å²) in [4.78, 5) is 33.6. The summed E-state index contributed by atoms with van der Waals surface area (Å²) in [5, 5.41) is 3.69. The zero-order chi connectivity index (χ0) is 23.4. The van der Waals surface area contributed by atoms with Crippen molar-refractivity contribution in [3.63, 3.8) is 0 Å². The number of alkyl halides is 3. The minimum absolute atomic E-state index is 0.0569. The van der Waals surface area contributed by atoms with Gasteiger partial charge in [-0.1, -0.05) is 23.9 Å². The molecule has 3 heterocycles. The summed E-state index contributed by atoms with van der Waals surface area (Å²) in [6.07, 6.45) is -4.21. The average molecular weight is 512 g/mol. The molecule has 1 aliphatic heterocycles. The Morgan fingerprint density at radius 2 is 1.85 bits per heavy atom. The van der Waals surface area contributed by atoms with E-state index < -0.39 is 11.7 Å². The summed E-state index contributed by atoms with van der Waals surface area (Å²) in [5.74, 6) is 0.301. The van der Waals surface area contributed by atoms with E-state index in [1.54, 1.807) is 17.0 Å². The molecule has 0 radical (unpaired) electrons. The number of nitrogens with zero attached hydrogens (tertiary/aromatic N) is 3. The van der Waals surface area contributed by atoms with Crippen LogP contribution < -0.4 is 4.90 Å². The predicted octanol–water partition coefficient (Wildman–Crippen LogP) is 5.09. The van der Waals surface area contributed by atoms with Crippen LogP contribution in [0.15, 0.2) is 51.5 Å². The molecule has 1 saturated heterocycles. The summed E-state index contributed by atoms with van der Waals surface area (Å²) >= 11 is 4.19. The van der Waals surface area contributed by atoms with Gasteiger partial charge in [-0.3, -0.25) is 9.59 Å². The van der Waals surface area contributed by atoms with E-state index in [0.29, 0.717) is 43.3 Å². The minimum Gasteiger partial charge on any atom is -0.368 e. The maximum atomic E-state index is 13.0. The van der Waals surface area contributed by atoms with Gasteiger partial charge in [0, 0.05) is 37.2 Å². The van der Waals surface area contributed by atoms with Gasteiger partial charge in [0.15, 0.2) is 10.1 Å². The molecule has 5 nitrogen and oxygen atoms in total. The number of hydrogen-bond acceptors (Lipinski definition) is 7. The number of thioether (sulfide) groups is 1.